The first-order chi connectivity index (χ1) is 18.4. The number of hydrogen-bond acceptors (Lipinski definition) is 8. The average Bonchev–Trinajstić information content (AvgIpc) is 3.41. The van der Waals surface area contributed by atoms with Crippen LogP contribution in [0.5, 0.6) is 23.0 Å². The number of carboxylic acids is 1. The summed E-state index contributed by atoms with van der Waals surface area (Å²) in [4.78, 5) is 25.0. The van der Waals surface area contributed by atoms with Crippen molar-refractivity contribution in [3.8, 4) is 23.0 Å². The molecule has 0 spiro atoms. The lowest BCUT2D eigenvalue weighted by molar-refractivity contribution is 0.0696. The molecule has 1 amide bonds. The van der Waals surface area contributed by atoms with Crippen molar-refractivity contribution in [3.05, 3.63) is 76.9 Å². The van der Waals surface area contributed by atoms with Gasteiger partial charge in [0.2, 0.25) is 6.79 Å². The lowest BCUT2D eigenvalue weighted by Gasteiger charge is -2.29. The highest BCUT2D eigenvalue weighted by Crippen LogP contribution is 2.33. The van der Waals surface area contributed by atoms with Gasteiger partial charge in [0.15, 0.2) is 23.0 Å². The molecule has 4 N–H and O–H groups in total. The normalized spacial score (nSPS) is 13.5. The van der Waals surface area contributed by atoms with Gasteiger partial charge >= 0.3 is 5.97 Å². The maximum absolute atomic E-state index is 12.2. The van der Waals surface area contributed by atoms with Crippen molar-refractivity contribution in [3.63, 3.8) is 0 Å². The van der Waals surface area contributed by atoms with Crippen LogP contribution in [0.15, 0.2) is 54.6 Å². The van der Waals surface area contributed by atoms with Crippen LogP contribution >= 0.6 is 0 Å². The highest BCUT2D eigenvalue weighted by molar-refractivity contribution is 5.99. The van der Waals surface area contributed by atoms with E-state index in [1.54, 1.807) is 32.4 Å². The van der Waals surface area contributed by atoms with Gasteiger partial charge in [-0.1, -0.05) is 12.1 Å². The number of benzene rings is 3. The summed E-state index contributed by atoms with van der Waals surface area (Å²) in [6.07, 6.45) is 0.954. The lowest BCUT2D eigenvalue weighted by Crippen LogP contribution is -2.38. The van der Waals surface area contributed by atoms with Crippen LogP contribution in [-0.2, 0) is 13.0 Å². The van der Waals surface area contributed by atoms with Crippen molar-refractivity contribution in [1.29, 1.82) is 0 Å². The molecule has 2 aliphatic rings. The topological polar surface area (TPSA) is 133 Å². The van der Waals surface area contributed by atoms with Crippen molar-refractivity contribution in [2.45, 2.75) is 13.0 Å². The molecule has 10 heteroatoms. The Morgan fingerprint density at radius 3 is 2.42 bits per heavy atom. The van der Waals surface area contributed by atoms with E-state index in [-0.39, 0.29) is 18.3 Å². The van der Waals surface area contributed by atoms with E-state index in [1.807, 2.05) is 18.2 Å². The van der Waals surface area contributed by atoms with Crippen LogP contribution < -0.4 is 30.0 Å². The summed E-state index contributed by atoms with van der Waals surface area (Å²) < 4.78 is 20.8. The number of fused-ring (bicyclic) bond motifs is 2. The van der Waals surface area contributed by atoms with E-state index < -0.39 is 5.97 Å². The van der Waals surface area contributed by atoms with Crippen molar-refractivity contribution >= 4 is 17.6 Å². The van der Waals surface area contributed by atoms with Crippen LogP contribution in [0.25, 0.3) is 0 Å². The standard InChI is InChI=1S/C20H25N3O3.C8H6O4/c1-25-18-11-14-7-9-23(13-15(14)12-19(18)26-2)10-8-22-20(24)16-5-3-4-6-17(16)21;9-8(10)5-1-2-6-7(3-5)12-4-11-6/h3-6,11-12H,7-10,13,21H2,1-2H3,(H,22,24);1-3H,4H2,(H,9,10). The third kappa shape index (κ3) is 6.27. The predicted octanol–water partition coefficient (Wildman–Crippen LogP) is 3.19. The molecule has 0 atom stereocenters. The Kier molecular flexibility index (Phi) is 8.55. The summed E-state index contributed by atoms with van der Waals surface area (Å²) in [5, 5.41) is 11.6. The number of para-hydroxylation sites is 1. The number of anilines is 1. The number of nitrogens with one attached hydrogen (secondary N) is 1. The third-order valence-corrected chi connectivity index (χ3v) is 6.34. The van der Waals surface area contributed by atoms with E-state index in [2.05, 4.69) is 16.3 Å². The Balaban J connectivity index is 0.000000232. The van der Waals surface area contributed by atoms with Gasteiger partial charge in [0.05, 0.1) is 25.3 Å². The van der Waals surface area contributed by atoms with Crippen molar-refractivity contribution < 1.29 is 33.6 Å². The van der Waals surface area contributed by atoms with E-state index in [4.69, 9.17) is 29.8 Å². The molecule has 0 radical (unpaired) electrons. The van der Waals surface area contributed by atoms with E-state index in [0.29, 0.717) is 29.3 Å². The fourth-order valence-corrected chi connectivity index (χ4v) is 4.29. The Hall–Kier alpha value is -4.44. The number of nitrogens with two attached hydrogens (primary N) is 1. The van der Waals surface area contributed by atoms with Crippen LogP contribution in [-0.4, -0.2) is 62.5 Å². The fraction of sp³-hybridized carbons (Fsp3) is 0.286. The van der Waals surface area contributed by atoms with E-state index in [0.717, 1.165) is 37.6 Å². The molecule has 0 bridgehead atoms. The zero-order valence-corrected chi connectivity index (χ0v) is 21.4. The zero-order valence-electron chi connectivity index (χ0n) is 21.4. The number of nitrogen functional groups attached to an aromatic ring is 1. The SMILES string of the molecule is COc1cc2c(cc1OC)CN(CCNC(=O)c1ccccc1N)CC2.O=C(O)c1ccc2c(c1)OCO2. The molecule has 0 fully saturated rings. The minimum atomic E-state index is -0.965. The van der Waals surface area contributed by atoms with Crippen molar-refractivity contribution in [2.75, 3.05) is 46.4 Å². The smallest absolute Gasteiger partial charge is 0.335 e. The molecule has 0 saturated carbocycles. The van der Waals surface area contributed by atoms with Gasteiger partial charge in [-0.3, -0.25) is 9.69 Å². The molecule has 3 aromatic carbocycles. The monoisotopic (exact) mass is 521 g/mol. The molecular weight excluding hydrogens is 490 g/mol. The van der Waals surface area contributed by atoms with Crippen LogP contribution in [0, 0.1) is 0 Å². The molecular formula is C28H31N3O7. The number of methoxy groups -OCH3 is 2. The maximum Gasteiger partial charge on any atom is 0.335 e. The van der Waals surface area contributed by atoms with Crippen molar-refractivity contribution in [1.82, 2.24) is 10.2 Å². The Bertz CT molecular complexity index is 1310. The van der Waals surface area contributed by atoms with E-state index in [9.17, 15) is 9.59 Å². The number of carboxylic acid groups (broad SMARTS) is 1. The highest BCUT2D eigenvalue weighted by Gasteiger charge is 2.20. The molecule has 0 unspecified atom stereocenters. The number of nitrogens with zero attached hydrogens (tertiary/aromatic N) is 1. The lowest BCUT2D eigenvalue weighted by atomic mass is 9.99. The molecule has 3 aromatic rings. The molecule has 200 valence electrons. The molecule has 2 heterocycles. The first-order valence-corrected chi connectivity index (χ1v) is 12.1. The van der Waals surface area contributed by atoms with Crippen LogP contribution in [0.3, 0.4) is 0 Å². The number of carbonyl (C=O) groups is 2. The van der Waals surface area contributed by atoms with Gasteiger partial charge in [-0.15, -0.1) is 0 Å². The van der Waals surface area contributed by atoms with Gasteiger partial charge in [-0.05, 0) is 60.0 Å². The first-order valence-electron chi connectivity index (χ1n) is 12.1. The molecule has 5 rings (SSSR count). The largest absolute Gasteiger partial charge is 0.493 e. The molecule has 0 aliphatic carbocycles. The summed E-state index contributed by atoms with van der Waals surface area (Å²) in [7, 11) is 3.30. The number of hydrogen-bond donors (Lipinski definition) is 3. The number of carbonyl (C=O) groups excluding carboxylic acids is 1. The Labute approximate surface area is 220 Å². The quantitative estimate of drug-likeness (QED) is 0.401. The first kappa shape index (κ1) is 26.6. The van der Waals surface area contributed by atoms with Gasteiger partial charge in [-0.25, -0.2) is 4.79 Å². The van der Waals surface area contributed by atoms with Crippen molar-refractivity contribution in [2.24, 2.45) is 0 Å². The van der Waals surface area contributed by atoms with E-state index in [1.165, 1.54) is 23.3 Å². The minimum Gasteiger partial charge on any atom is -0.493 e. The maximum atomic E-state index is 12.2. The third-order valence-electron chi connectivity index (χ3n) is 6.34. The van der Waals surface area contributed by atoms with Crippen LogP contribution in [0.1, 0.15) is 31.8 Å². The number of aromatic carboxylic acids is 1. The second-order valence-electron chi connectivity index (χ2n) is 8.72. The molecule has 2 aliphatic heterocycles. The van der Waals surface area contributed by atoms with Gasteiger partial charge < -0.3 is 35.1 Å². The minimum absolute atomic E-state index is 0.132. The molecule has 0 saturated heterocycles. The van der Waals surface area contributed by atoms with Gasteiger partial charge in [0.1, 0.15) is 0 Å². The highest BCUT2D eigenvalue weighted by atomic mass is 16.7. The zero-order chi connectivity index (χ0) is 27.1. The molecule has 0 aromatic heterocycles. The molecule has 10 nitrogen and oxygen atoms in total. The van der Waals surface area contributed by atoms with Gasteiger partial charge in [-0.2, -0.15) is 0 Å². The van der Waals surface area contributed by atoms with Crippen LogP contribution in [0.4, 0.5) is 5.69 Å². The van der Waals surface area contributed by atoms with Gasteiger partial charge in [0.25, 0.3) is 5.91 Å². The molecule has 38 heavy (non-hydrogen) atoms. The number of amides is 1. The second-order valence-corrected chi connectivity index (χ2v) is 8.72. The average molecular weight is 522 g/mol. The Morgan fingerprint density at radius 2 is 1.71 bits per heavy atom. The predicted molar refractivity (Wildman–Crippen MR) is 141 cm³/mol. The van der Waals surface area contributed by atoms with Crippen LogP contribution in [0.2, 0.25) is 0 Å². The van der Waals surface area contributed by atoms with E-state index >= 15 is 0 Å². The Morgan fingerprint density at radius 1 is 1.00 bits per heavy atom. The summed E-state index contributed by atoms with van der Waals surface area (Å²) >= 11 is 0. The summed E-state index contributed by atoms with van der Waals surface area (Å²) in [5.41, 5.74) is 9.61. The fourth-order valence-electron chi connectivity index (χ4n) is 4.29. The van der Waals surface area contributed by atoms with Gasteiger partial charge in [0, 0.05) is 31.9 Å². The summed E-state index contributed by atoms with van der Waals surface area (Å²) in [6.45, 7) is 3.31. The summed E-state index contributed by atoms with van der Waals surface area (Å²) in [5.74, 6) is 1.52. The number of rotatable bonds is 7. The number of ether oxygens (including phenoxy) is 4. The summed E-state index contributed by atoms with van der Waals surface area (Å²) in [6, 6.07) is 15.7. The second kappa shape index (κ2) is 12.2.